The molecule has 3 aromatic rings. The normalized spacial score (nSPS) is 16.7. The predicted octanol–water partition coefficient (Wildman–Crippen LogP) is 5.77. The monoisotopic (exact) mass is 502 g/mol. The zero-order chi connectivity index (χ0) is 25.7. The van der Waals surface area contributed by atoms with E-state index in [1.165, 1.54) is 0 Å². The summed E-state index contributed by atoms with van der Waals surface area (Å²) in [5, 5.41) is 11.0. The van der Waals surface area contributed by atoms with Crippen LogP contribution < -0.4 is 9.47 Å². The van der Waals surface area contributed by atoms with Crippen molar-refractivity contribution in [3.05, 3.63) is 65.4 Å². The Hall–Kier alpha value is -2.84. The summed E-state index contributed by atoms with van der Waals surface area (Å²) >= 11 is 0. The molecule has 1 fully saturated rings. The summed E-state index contributed by atoms with van der Waals surface area (Å²) in [5.41, 5.74) is 1.83. The zero-order valence-corrected chi connectivity index (χ0v) is 20.8. The summed E-state index contributed by atoms with van der Waals surface area (Å²) in [7, 11) is 1.59. The number of aromatic nitrogens is 1. The number of aryl methyl sites for hydroxylation is 1. The number of hydrogen-bond donors (Lipinski definition) is 1. The number of halogens is 3. The highest BCUT2D eigenvalue weighted by Gasteiger charge is 2.35. The van der Waals surface area contributed by atoms with E-state index in [1.54, 1.807) is 13.3 Å². The van der Waals surface area contributed by atoms with Gasteiger partial charge in [0.2, 0.25) is 0 Å². The summed E-state index contributed by atoms with van der Waals surface area (Å²) in [6.45, 7) is 4.28. The Morgan fingerprint density at radius 3 is 2.47 bits per heavy atom. The number of aliphatic hydroxyl groups is 1. The lowest BCUT2D eigenvalue weighted by molar-refractivity contribution is 0.0266. The molecule has 194 valence electrons. The number of piperidine rings is 1. The number of rotatable bonds is 10. The van der Waals surface area contributed by atoms with Gasteiger partial charge in [-0.15, -0.1) is 0 Å². The van der Waals surface area contributed by atoms with Gasteiger partial charge in [0.1, 0.15) is 35.9 Å². The van der Waals surface area contributed by atoms with Crippen LogP contribution in [-0.2, 0) is 0 Å². The highest BCUT2D eigenvalue weighted by molar-refractivity contribution is 5.84. The standard InChI is InChI=1S/C28H33F3N2O3/c1-19-17-32-26-4-3-22(35-2)16-24(26)27(19)25(31)5-6-28(18-34)7-9-33(10-8-28)11-12-36-23-14-20(29)13-21(30)15-23/h3-4,13-17,25,34H,5-12,18H2,1-2H3. The molecule has 1 aliphatic rings. The second-order valence-corrected chi connectivity index (χ2v) is 9.70. The van der Waals surface area contributed by atoms with Crippen LogP contribution in [-0.4, -0.2) is 54.9 Å². The van der Waals surface area contributed by atoms with Crippen molar-refractivity contribution >= 4 is 10.9 Å². The van der Waals surface area contributed by atoms with E-state index in [9.17, 15) is 13.9 Å². The van der Waals surface area contributed by atoms with Gasteiger partial charge >= 0.3 is 0 Å². The maximum absolute atomic E-state index is 15.7. The van der Waals surface area contributed by atoms with E-state index >= 15 is 4.39 Å². The van der Waals surface area contributed by atoms with Crippen LogP contribution in [0.1, 0.15) is 43.0 Å². The van der Waals surface area contributed by atoms with Crippen LogP contribution >= 0.6 is 0 Å². The van der Waals surface area contributed by atoms with Gasteiger partial charge in [-0.2, -0.15) is 0 Å². The largest absolute Gasteiger partial charge is 0.497 e. The van der Waals surface area contributed by atoms with Crippen molar-refractivity contribution in [2.45, 2.75) is 38.8 Å². The van der Waals surface area contributed by atoms with Gasteiger partial charge in [-0.3, -0.25) is 9.88 Å². The minimum Gasteiger partial charge on any atom is -0.497 e. The molecule has 0 saturated carbocycles. The quantitative estimate of drug-likeness (QED) is 0.381. The van der Waals surface area contributed by atoms with Crippen LogP contribution in [0.5, 0.6) is 11.5 Å². The summed E-state index contributed by atoms with van der Waals surface area (Å²) in [6.07, 6.45) is 2.90. The fourth-order valence-corrected chi connectivity index (χ4v) is 5.05. The zero-order valence-electron chi connectivity index (χ0n) is 20.8. The van der Waals surface area contributed by atoms with Gasteiger partial charge in [-0.1, -0.05) is 0 Å². The summed E-state index contributed by atoms with van der Waals surface area (Å²) in [5.74, 6) is -0.513. The van der Waals surface area contributed by atoms with Gasteiger partial charge in [0.05, 0.1) is 12.6 Å². The van der Waals surface area contributed by atoms with E-state index in [4.69, 9.17) is 9.47 Å². The minimum absolute atomic E-state index is 0.0104. The number of methoxy groups -OCH3 is 1. The molecule has 2 heterocycles. The van der Waals surface area contributed by atoms with E-state index < -0.39 is 17.8 Å². The van der Waals surface area contributed by atoms with Crippen LogP contribution in [0.4, 0.5) is 13.2 Å². The summed E-state index contributed by atoms with van der Waals surface area (Å²) in [6, 6.07) is 8.61. The van der Waals surface area contributed by atoms with Crippen LogP contribution in [0, 0.1) is 24.0 Å². The number of hydrogen-bond acceptors (Lipinski definition) is 5. The Bertz CT molecular complexity index is 1160. The Kier molecular flexibility index (Phi) is 8.36. The Balaban J connectivity index is 1.33. The molecule has 1 atom stereocenters. The maximum atomic E-state index is 15.7. The maximum Gasteiger partial charge on any atom is 0.129 e. The third-order valence-corrected chi connectivity index (χ3v) is 7.32. The molecule has 0 spiro atoms. The fourth-order valence-electron chi connectivity index (χ4n) is 5.05. The molecular formula is C28H33F3N2O3. The first-order chi connectivity index (χ1) is 17.3. The minimum atomic E-state index is -1.18. The molecule has 2 aromatic carbocycles. The third kappa shape index (κ3) is 6.10. The molecule has 4 rings (SSSR count). The van der Waals surface area contributed by atoms with Crippen LogP contribution in [0.15, 0.2) is 42.6 Å². The molecule has 0 aliphatic carbocycles. The third-order valence-electron chi connectivity index (χ3n) is 7.32. The number of alkyl halides is 1. The van der Waals surface area contributed by atoms with Crippen molar-refractivity contribution in [1.82, 2.24) is 9.88 Å². The predicted molar refractivity (Wildman–Crippen MR) is 133 cm³/mol. The van der Waals surface area contributed by atoms with Crippen LogP contribution in [0.25, 0.3) is 10.9 Å². The fraction of sp³-hybridized carbons (Fsp3) is 0.464. The molecule has 1 aliphatic heterocycles. The Morgan fingerprint density at radius 2 is 1.81 bits per heavy atom. The van der Waals surface area contributed by atoms with Gasteiger partial charge < -0.3 is 14.6 Å². The first-order valence-corrected chi connectivity index (χ1v) is 12.3. The first kappa shape index (κ1) is 26.2. The lowest BCUT2D eigenvalue weighted by atomic mass is 9.74. The molecule has 0 radical (unpaired) electrons. The highest BCUT2D eigenvalue weighted by atomic mass is 19.1. The van der Waals surface area contributed by atoms with Gasteiger partial charge in [-0.05, 0) is 80.4 Å². The lowest BCUT2D eigenvalue weighted by Gasteiger charge is -2.41. The molecular weight excluding hydrogens is 469 g/mol. The molecule has 1 aromatic heterocycles. The molecule has 1 saturated heterocycles. The van der Waals surface area contributed by atoms with Crippen molar-refractivity contribution in [2.75, 3.05) is 40.0 Å². The van der Waals surface area contributed by atoms with Gasteiger partial charge in [0.15, 0.2) is 0 Å². The summed E-state index contributed by atoms with van der Waals surface area (Å²) in [4.78, 5) is 6.62. The molecule has 0 amide bonds. The van der Waals surface area contributed by atoms with Crippen LogP contribution in [0.3, 0.4) is 0 Å². The van der Waals surface area contributed by atoms with Crippen molar-refractivity contribution in [2.24, 2.45) is 5.41 Å². The van der Waals surface area contributed by atoms with Crippen LogP contribution in [0.2, 0.25) is 0 Å². The molecule has 1 N–H and O–H groups in total. The van der Waals surface area contributed by atoms with Crippen molar-refractivity contribution < 1.29 is 27.8 Å². The topological polar surface area (TPSA) is 54.8 Å². The van der Waals surface area contributed by atoms with Gasteiger partial charge in [0.25, 0.3) is 0 Å². The van der Waals surface area contributed by atoms with Gasteiger partial charge in [0, 0.05) is 42.9 Å². The Labute approximate surface area is 209 Å². The smallest absolute Gasteiger partial charge is 0.129 e. The van der Waals surface area contributed by atoms with Crippen molar-refractivity contribution in [1.29, 1.82) is 0 Å². The second kappa shape index (κ2) is 11.5. The molecule has 36 heavy (non-hydrogen) atoms. The average Bonchev–Trinajstić information content (AvgIpc) is 2.87. The lowest BCUT2D eigenvalue weighted by Crippen LogP contribution is -2.43. The first-order valence-electron chi connectivity index (χ1n) is 12.3. The number of ether oxygens (including phenoxy) is 2. The van der Waals surface area contributed by atoms with E-state index in [2.05, 4.69) is 9.88 Å². The molecule has 8 heteroatoms. The number of likely N-dealkylation sites (tertiary alicyclic amines) is 1. The Morgan fingerprint density at radius 1 is 1.08 bits per heavy atom. The number of fused-ring (bicyclic) bond motifs is 1. The van der Waals surface area contributed by atoms with Crippen molar-refractivity contribution in [3.8, 4) is 11.5 Å². The average molecular weight is 503 g/mol. The number of aliphatic hydroxyl groups excluding tert-OH is 1. The summed E-state index contributed by atoms with van der Waals surface area (Å²) < 4.78 is 53.1. The molecule has 1 unspecified atom stereocenters. The molecule has 5 nitrogen and oxygen atoms in total. The van der Waals surface area contributed by atoms with Gasteiger partial charge in [-0.25, -0.2) is 13.2 Å². The van der Waals surface area contributed by atoms with E-state index in [0.717, 1.165) is 60.6 Å². The number of pyridine rings is 1. The van der Waals surface area contributed by atoms with E-state index in [-0.39, 0.29) is 17.8 Å². The highest BCUT2D eigenvalue weighted by Crippen LogP contribution is 2.40. The van der Waals surface area contributed by atoms with E-state index in [0.29, 0.717) is 37.3 Å². The SMILES string of the molecule is COc1ccc2ncc(C)c(C(F)CCC3(CO)CCN(CCOc4cc(F)cc(F)c4)CC3)c2c1. The number of nitrogens with zero attached hydrogens (tertiary/aromatic N) is 2. The second-order valence-electron chi connectivity index (χ2n) is 9.70. The molecule has 0 bridgehead atoms. The van der Waals surface area contributed by atoms with E-state index in [1.807, 2.05) is 25.1 Å². The van der Waals surface area contributed by atoms with Crippen molar-refractivity contribution in [3.63, 3.8) is 0 Å². The number of benzene rings is 2.